The Morgan fingerprint density at radius 2 is 1.55 bits per heavy atom. The standard InChI is InChI=1S/C23H22N2O4/c26-20-12-6-7-13-21(20)29-16-22(27)25-19-11-5-4-10-18(19)23(28)24-15-14-17-8-2-1-3-9-17/h1-13,26H,14-16H2,(H,24,28)(H,25,27). The number of rotatable bonds is 8. The Labute approximate surface area is 169 Å². The van der Waals surface area contributed by atoms with Crippen LogP contribution in [0.15, 0.2) is 78.9 Å². The lowest BCUT2D eigenvalue weighted by Gasteiger charge is -2.12. The van der Waals surface area contributed by atoms with Crippen LogP contribution in [0.5, 0.6) is 11.5 Å². The Morgan fingerprint density at radius 1 is 0.862 bits per heavy atom. The fourth-order valence-electron chi connectivity index (χ4n) is 2.76. The minimum absolute atomic E-state index is 0.0431. The van der Waals surface area contributed by atoms with Crippen molar-refractivity contribution in [1.82, 2.24) is 5.32 Å². The fourth-order valence-corrected chi connectivity index (χ4v) is 2.76. The Balaban J connectivity index is 1.55. The lowest BCUT2D eigenvalue weighted by atomic mass is 10.1. The Hall–Kier alpha value is -3.80. The molecule has 3 N–H and O–H groups in total. The minimum Gasteiger partial charge on any atom is -0.504 e. The van der Waals surface area contributed by atoms with Crippen LogP contribution in [0.2, 0.25) is 0 Å². The van der Waals surface area contributed by atoms with Gasteiger partial charge in [-0.05, 0) is 36.2 Å². The molecule has 2 amide bonds. The fraction of sp³-hybridized carbons (Fsp3) is 0.130. The number of ether oxygens (including phenoxy) is 1. The van der Waals surface area contributed by atoms with Crippen molar-refractivity contribution in [3.05, 3.63) is 90.0 Å². The van der Waals surface area contributed by atoms with Crippen molar-refractivity contribution < 1.29 is 19.4 Å². The molecule has 0 atom stereocenters. The molecule has 6 nitrogen and oxygen atoms in total. The van der Waals surface area contributed by atoms with Crippen molar-refractivity contribution in [2.24, 2.45) is 0 Å². The summed E-state index contributed by atoms with van der Waals surface area (Å²) in [5.74, 6) is -0.524. The molecule has 0 unspecified atom stereocenters. The number of phenolic OH excluding ortho intramolecular Hbond substituents is 1. The lowest BCUT2D eigenvalue weighted by molar-refractivity contribution is -0.118. The number of hydrogen-bond acceptors (Lipinski definition) is 4. The molecule has 0 spiro atoms. The average Bonchev–Trinajstić information content (AvgIpc) is 2.74. The van der Waals surface area contributed by atoms with Gasteiger partial charge in [0, 0.05) is 6.54 Å². The number of para-hydroxylation sites is 3. The third kappa shape index (κ3) is 5.84. The molecule has 0 aliphatic rings. The monoisotopic (exact) mass is 390 g/mol. The second-order valence-corrected chi connectivity index (χ2v) is 6.34. The summed E-state index contributed by atoms with van der Waals surface area (Å²) in [5, 5.41) is 15.2. The number of anilines is 1. The maximum Gasteiger partial charge on any atom is 0.262 e. The number of nitrogens with one attached hydrogen (secondary N) is 2. The Bertz CT molecular complexity index is 973. The van der Waals surface area contributed by atoms with E-state index in [4.69, 9.17) is 4.74 Å². The van der Waals surface area contributed by atoms with Crippen LogP contribution >= 0.6 is 0 Å². The van der Waals surface area contributed by atoms with Crippen LogP contribution in [0.1, 0.15) is 15.9 Å². The van der Waals surface area contributed by atoms with Crippen molar-refractivity contribution in [3.63, 3.8) is 0 Å². The summed E-state index contributed by atoms with van der Waals surface area (Å²) < 4.78 is 5.32. The maximum atomic E-state index is 12.5. The van der Waals surface area contributed by atoms with E-state index in [1.807, 2.05) is 30.3 Å². The van der Waals surface area contributed by atoms with E-state index in [0.717, 1.165) is 12.0 Å². The lowest BCUT2D eigenvalue weighted by Crippen LogP contribution is -2.28. The topological polar surface area (TPSA) is 87.7 Å². The molecule has 0 aromatic heterocycles. The number of amides is 2. The second-order valence-electron chi connectivity index (χ2n) is 6.34. The van der Waals surface area contributed by atoms with Gasteiger partial charge in [-0.25, -0.2) is 0 Å². The molecule has 0 bridgehead atoms. The zero-order valence-corrected chi connectivity index (χ0v) is 15.8. The Kier molecular flexibility index (Phi) is 6.84. The highest BCUT2D eigenvalue weighted by Gasteiger charge is 2.13. The Morgan fingerprint density at radius 3 is 2.34 bits per heavy atom. The van der Waals surface area contributed by atoms with Gasteiger partial charge in [0.05, 0.1) is 11.3 Å². The van der Waals surface area contributed by atoms with Crippen LogP contribution in [-0.4, -0.2) is 30.1 Å². The van der Waals surface area contributed by atoms with Crippen LogP contribution in [0.4, 0.5) is 5.69 Å². The SMILES string of the molecule is O=C(COc1ccccc1O)Nc1ccccc1C(=O)NCCc1ccccc1. The minimum atomic E-state index is -0.433. The van der Waals surface area contributed by atoms with Gasteiger partial charge in [0.2, 0.25) is 0 Å². The number of carbonyl (C=O) groups excluding carboxylic acids is 2. The molecule has 148 valence electrons. The number of aromatic hydroxyl groups is 1. The zero-order valence-electron chi connectivity index (χ0n) is 15.8. The summed E-state index contributed by atoms with van der Waals surface area (Å²) in [7, 11) is 0. The highest BCUT2D eigenvalue weighted by atomic mass is 16.5. The summed E-state index contributed by atoms with van der Waals surface area (Å²) in [5.41, 5.74) is 1.91. The predicted molar refractivity (Wildman–Crippen MR) is 111 cm³/mol. The first-order chi connectivity index (χ1) is 14.1. The maximum absolute atomic E-state index is 12.5. The molecule has 0 saturated carbocycles. The molecule has 29 heavy (non-hydrogen) atoms. The predicted octanol–water partition coefficient (Wildman–Crippen LogP) is 3.38. The molecule has 3 aromatic rings. The number of carbonyl (C=O) groups is 2. The first-order valence-electron chi connectivity index (χ1n) is 9.25. The average molecular weight is 390 g/mol. The van der Waals surface area contributed by atoms with Gasteiger partial charge in [0.25, 0.3) is 11.8 Å². The van der Waals surface area contributed by atoms with Gasteiger partial charge in [0.1, 0.15) is 0 Å². The van der Waals surface area contributed by atoms with Gasteiger partial charge in [-0.15, -0.1) is 0 Å². The number of hydrogen-bond donors (Lipinski definition) is 3. The molecule has 0 heterocycles. The molecule has 0 aliphatic carbocycles. The van der Waals surface area contributed by atoms with Crippen LogP contribution in [-0.2, 0) is 11.2 Å². The molecule has 3 aromatic carbocycles. The molecule has 0 aliphatic heterocycles. The summed E-state index contributed by atoms with van der Waals surface area (Å²) in [6, 6.07) is 23.1. The van der Waals surface area contributed by atoms with Crippen LogP contribution in [0, 0.1) is 0 Å². The molecule has 6 heteroatoms. The van der Waals surface area contributed by atoms with Gasteiger partial charge in [-0.1, -0.05) is 54.6 Å². The highest BCUT2D eigenvalue weighted by molar-refractivity contribution is 6.04. The van der Waals surface area contributed by atoms with E-state index >= 15 is 0 Å². The summed E-state index contributed by atoms with van der Waals surface area (Å²) in [6.45, 7) is 0.197. The molecule has 0 fully saturated rings. The largest absolute Gasteiger partial charge is 0.504 e. The van der Waals surface area contributed by atoms with Gasteiger partial charge in [-0.3, -0.25) is 9.59 Å². The van der Waals surface area contributed by atoms with Gasteiger partial charge >= 0.3 is 0 Å². The van der Waals surface area contributed by atoms with E-state index in [9.17, 15) is 14.7 Å². The van der Waals surface area contributed by atoms with E-state index in [-0.39, 0.29) is 24.0 Å². The first-order valence-corrected chi connectivity index (χ1v) is 9.25. The zero-order chi connectivity index (χ0) is 20.5. The van der Waals surface area contributed by atoms with Crippen molar-refractivity contribution in [2.45, 2.75) is 6.42 Å². The first kappa shape index (κ1) is 19.9. The van der Waals surface area contributed by atoms with E-state index in [0.29, 0.717) is 17.8 Å². The molecular formula is C23H22N2O4. The number of benzene rings is 3. The molecule has 0 saturated heterocycles. The molecule has 0 radical (unpaired) electrons. The second kappa shape index (κ2) is 9.94. The molecule has 3 rings (SSSR count). The van der Waals surface area contributed by atoms with Crippen molar-refractivity contribution in [1.29, 1.82) is 0 Å². The number of phenols is 1. The summed E-state index contributed by atoms with van der Waals surface area (Å²) in [6.07, 6.45) is 0.718. The van der Waals surface area contributed by atoms with Crippen LogP contribution in [0.3, 0.4) is 0 Å². The smallest absolute Gasteiger partial charge is 0.262 e. The van der Waals surface area contributed by atoms with E-state index < -0.39 is 5.91 Å². The summed E-state index contributed by atoms with van der Waals surface area (Å²) >= 11 is 0. The van der Waals surface area contributed by atoms with Crippen LogP contribution < -0.4 is 15.4 Å². The van der Waals surface area contributed by atoms with Crippen molar-refractivity contribution >= 4 is 17.5 Å². The van der Waals surface area contributed by atoms with Gasteiger partial charge < -0.3 is 20.5 Å². The van der Waals surface area contributed by atoms with E-state index in [1.54, 1.807) is 42.5 Å². The van der Waals surface area contributed by atoms with E-state index in [2.05, 4.69) is 10.6 Å². The van der Waals surface area contributed by atoms with E-state index in [1.165, 1.54) is 6.07 Å². The van der Waals surface area contributed by atoms with Crippen molar-refractivity contribution in [3.8, 4) is 11.5 Å². The van der Waals surface area contributed by atoms with Crippen LogP contribution in [0.25, 0.3) is 0 Å². The van der Waals surface area contributed by atoms with Gasteiger partial charge in [0.15, 0.2) is 18.1 Å². The quantitative estimate of drug-likeness (QED) is 0.550. The van der Waals surface area contributed by atoms with Gasteiger partial charge in [-0.2, -0.15) is 0 Å². The summed E-state index contributed by atoms with van der Waals surface area (Å²) in [4.78, 5) is 24.8. The highest BCUT2D eigenvalue weighted by Crippen LogP contribution is 2.24. The third-order valence-corrected chi connectivity index (χ3v) is 4.21. The third-order valence-electron chi connectivity index (χ3n) is 4.21. The van der Waals surface area contributed by atoms with Crippen molar-refractivity contribution in [2.75, 3.05) is 18.5 Å². The molecular weight excluding hydrogens is 368 g/mol. The normalized spacial score (nSPS) is 10.2.